The Morgan fingerprint density at radius 3 is 1.55 bits per heavy atom. The third-order valence-corrected chi connectivity index (χ3v) is 4.26. The standard InChI is InChI=1S/C15H18NO3P/c16-13-20(17,18-11-14-7-3-1-4-8-14)19-12-15-9-5-2-6-10-15/h1-10H,11-13,16H2. The van der Waals surface area contributed by atoms with Crippen LogP contribution >= 0.6 is 7.60 Å². The molecule has 2 aromatic rings. The molecule has 0 aliphatic heterocycles. The summed E-state index contributed by atoms with van der Waals surface area (Å²) < 4.78 is 23.1. The summed E-state index contributed by atoms with van der Waals surface area (Å²) in [7, 11) is -3.25. The van der Waals surface area contributed by atoms with Crippen molar-refractivity contribution in [1.29, 1.82) is 0 Å². The molecule has 0 radical (unpaired) electrons. The highest BCUT2D eigenvalue weighted by molar-refractivity contribution is 7.53. The Balaban J connectivity index is 1.90. The van der Waals surface area contributed by atoms with Crippen molar-refractivity contribution in [2.24, 2.45) is 5.73 Å². The highest BCUT2D eigenvalue weighted by Gasteiger charge is 2.22. The largest absolute Gasteiger partial charge is 0.344 e. The number of hydrogen-bond acceptors (Lipinski definition) is 4. The Kier molecular flexibility index (Phi) is 5.50. The number of nitrogens with two attached hydrogens (primary N) is 1. The van der Waals surface area contributed by atoms with Crippen LogP contribution in [0.5, 0.6) is 0 Å². The van der Waals surface area contributed by atoms with E-state index in [1.807, 2.05) is 60.7 Å². The van der Waals surface area contributed by atoms with Crippen molar-refractivity contribution in [1.82, 2.24) is 0 Å². The number of benzene rings is 2. The molecule has 2 rings (SSSR count). The monoisotopic (exact) mass is 291 g/mol. The van der Waals surface area contributed by atoms with E-state index in [9.17, 15) is 4.57 Å². The zero-order valence-electron chi connectivity index (χ0n) is 11.1. The van der Waals surface area contributed by atoms with Crippen LogP contribution in [0, 0.1) is 0 Å². The Labute approximate surface area is 119 Å². The van der Waals surface area contributed by atoms with Crippen LogP contribution in [0.2, 0.25) is 0 Å². The van der Waals surface area contributed by atoms with Gasteiger partial charge in [-0.25, -0.2) is 0 Å². The van der Waals surface area contributed by atoms with Crippen molar-refractivity contribution in [3.63, 3.8) is 0 Å². The average molecular weight is 291 g/mol. The van der Waals surface area contributed by atoms with Crippen LogP contribution in [-0.2, 0) is 26.8 Å². The van der Waals surface area contributed by atoms with E-state index in [-0.39, 0.29) is 19.5 Å². The van der Waals surface area contributed by atoms with Crippen LogP contribution in [-0.4, -0.2) is 6.29 Å². The van der Waals surface area contributed by atoms with Gasteiger partial charge in [0.1, 0.15) is 0 Å². The molecule has 20 heavy (non-hydrogen) atoms. The molecular formula is C15H18NO3P. The molecule has 4 nitrogen and oxygen atoms in total. The molecule has 0 amide bonds. The minimum Gasteiger partial charge on any atom is -0.320 e. The maximum Gasteiger partial charge on any atom is 0.344 e. The fourth-order valence-electron chi connectivity index (χ4n) is 1.64. The van der Waals surface area contributed by atoms with Gasteiger partial charge in [0.25, 0.3) is 0 Å². The Bertz CT molecular complexity index is 512. The molecule has 0 saturated carbocycles. The topological polar surface area (TPSA) is 61.6 Å². The maximum atomic E-state index is 12.4. The molecule has 0 saturated heterocycles. The molecule has 0 aromatic heterocycles. The van der Waals surface area contributed by atoms with Crippen LogP contribution in [0.15, 0.2) is 60.7 Å². The molecule has 2 N–H and O–H groups in total. The zero-order chi connectivity index (χ0) is 14.3. The molecule has 0 spiro atoms. The van der Waals surface area contributed by atoms with E-state index < -0.39 is 7.60 Å². The zero-order valence-corrected chi connectivity index (χ0v) is 12.0. The van der Waals surface area contributed by atoms with Gasteiger partial charge in [0.15, 0.2) is 0 Å². The van der Waals surface area contributed by atoms with Crippen molar-refractivity contribution in [2.45, 2.75) is 13.2 Å². The van der Waals surface area contributed by atoms with Gasteiger partial charge in [-0.2, -0.15) is 0 Å². The van der Waals surface area contributed by atoms with E-state index in [1.54, 1.807) is 0 Å². The van der Waals surface area contributed by atoms with Gasteiger partial charge in [0, 0.05) is 0 Å². The molecular weight excluding hydrogens is 273 g/mol. The summed E-state index contributed by atoms with van der Waals surface area (Å²) in [6.45, 7) is 0.453. The molecule has 0 heterocycles. The first-order chi connectivity index (χ1) is 9.72. The highest BCUT2D eigenvalue weighted by Crippen LogP contribution is 2.47. The van der Waals surface area contributed by atoms with Crippen LogP contribution in [0.25, 0.3) is 0 Å². The van der Waals surface area contributed by atoms with Crippen LogP contribution in [0.4, 0.5) is 0 Å². The van der Waals surface area contributed by atoms with E-state index in [4.69, 9.17) is 14.8 Å². The van der Waals surface area contributed by atoms with E-state index >= 15 is 0 Å². The second-order valence-electron chi connectivity index (χ2n) is 4.31. The predicted molar refractivity (Wildman–Crippen MR) is 79.1 cm³/mol. The third kappa shape index (κ3) is 4.58. The van der Waals surface area contributed by atoms with Crippen LogP contribution < -0.4 is 5.73 Å². The number of hydrogen-bond donors (Lipinski definition) is 1. The van der Waals surface area contributed by atoms with E-state index in [0.717, 1.165) is 11.1 Å². The lowest BCUT2D eigenvalue weighted by Crippen LogP contribution is -2.07. The number of rotatable bonds is 7. The SMILES string of the molecule is NCP(=O)(OCc1ccccc1)OCc1ccccc1. The maximum absolute atomic E-state index is 12.4. The minimum atomic E-state index is -3.25. The van der Waals surface area contributed by atoms with Gasteiger partial charge >= 0.3 is 7.60 Å². The lowest BCUT2D eigenvalue weighted by Gasteiger charge is -2.17. The van der Waals surface area contributed by atoms with Gasteiger partial charge in [-0.3, -0.25) is 4.57 Å². The van der Waals surface area contributed by atoms with Crippen molar-refractivity contribution >= 4 is 7.60 Å². The summed E-state index contributed by atoms with van der Waals surface area (Å²) in [4.78, 5) is 0. The second-order valence-corrected chi connectivity index (χ2v) is 6.41. The molecule has 0 aliphatic carbocycles. The molecule has 0 fully saturated rings. The fourth-order valence-corrected chi connectivity index (χ4v) is 2.61. The van der Waals surface area contributed by atoms with Crippen molar-refractivity contribution in [3.05, 3.63) is 71.8 Å². The summed E-state index contributed by atoms with van der Waals surface area (Å²) in [5.41, 5.74) is 7.39. The first-order valence-corrected chi connectivity index (χ1v) is 8.11. The average Bonchev–Trinajstić information content (AvgIpc) is 2.53. The van der Waals surface area contributed by atoms with Crippen molar-refractivity contribution in [2.75, 3.05) is 6.29 Å². The molecule has 5 heteroatoms. The van der Waals surface area contributed by atoms with Gasteiger partial charge in [-0.15, -0.1) is 0 Å². The smallest absolute Gasteiger partial charge is 0.320 e. The molecule has 106 valence electrons. The quantitative estimate of drug-likeness (QED) is 0.793. The van der Waals surface area contributed by atoms with E-state index in [1.165, 1.54) is 0 Å². The Hall–Kier alpha value is -1.45. The second kappa shape index (κ2) is 7.36. The fraction of sp³-hybridized carbons (Fsp3) is 0.200. The first-order valence-electron chi connectivity index (χ1n) is 6.38. The van der Waals surface area contributed by atoms with Crippen LogP contribution in [0.1, 0.15) is 11.1 Å². The van der Waals surface area contributed by atoms with Crippen molar-refractivity contribution < 1.29 is 13.6 Å². The van der Waals surface area contributed by atoms with Crippen LogP contribution in [0.3, 0.4) is 0 Å². The molecule has 0 unspecified atom stereocenters. The van der Waals surface area contributed by atoms with Gasteiger partial charge in [0.05, 0.1) is 19.5 Å². The summed E-state index contributed by atoms with van der Waals surface area (Å²) >= 11 is 0. The first kappa shape index (κ1) is 14.9. The molecule has 0 atom stereocenters. The summed E-state index contributed by atoms with van der Waals surface area (Å²) in [5, 5.41) is 0. The predicted octanol–water partition coefficient (Wildman–Crippen LogP) is 3.53. The van der Waals surface area contributed by atoms with Gasteiger partial charge in [0.2, 0.25) is 0 Å². The van der Waals surface area contributed by atoms with Gasteiger partial charge < -0.3 is 14.8 Å². The third-order valence-electron chi connectivity index (χ3n) is 2.77. The minimum absolute atomic E-state index is 0.132. The van der Waals surface area contributed by atoms with E-state index in [0.29, 0.717) is 0 Å². The molecule has 2 aromatic carbocycles. The molecule has 0 aliphatic rings. The summed E-state index contributed by atoms with van der Waals surface area (Å²) in [6, 6.07) is 19.0. The lowest BCUT2D eigenvalue weighted by atomic mass is 10.2. The normalized spacial score (nSPS) is 11.4. The Morgan fingerprint density at radius 2 is 1.20 bits per heavy atom. The summed E-state index contributed by atoms with van der Waals surface area (Å²) in [6.07, 6.45) is -0.132. The van der Waals surface area contributed by atoms with Gasteiger partial charge in [-0.1, -0.05) is 60.7 Å². The molecule has 0 bridgehead atoms. The van der Waals surface area contributed by atoms with Crippen molar-refractivity contribution in [3.8, 4) is 0 Å². The van der Waals surface area contributed by atoms with Gasteiger partial charge in [-0.05, 0) is 11.1 Å². The van der Waals surface area contributed by atoms with E-state index in [2.05, 4.69) is 0 Å². The Morgan fingerprint density at radius 1 is 0.800 bits per heavy atom. The highest BCUT2D eigenvalue weighted by atomic mass is 31.2. The lowest BCUT2D eigenvalue weighted by molar-refractivity contribution is 0.191. The summed E-state index contributed by atoms with van der Waals surface area (Å²) in [5.74, 6) is 0.